The average molecular weight is 299 g/mol. The zero-order chi connectivity index (χ0) is 15.8. The van der Waals surface area contributed by atoms with Gasteiger partial charge in [-0.25, -0.2) is 0 Å². The topological polar surface area (TPSA) is 30.3 Å². The van der Waals surface area contributed by atoms with Gasteiger partial charge < -0.3 is 0 Å². The van der Waals surface area contributed by atoms with Crippen molar-refractivity contribution in [3.63, 3.8) is 0 Å². The summed E-state index contributed by atoms with van der Waals surface area (Å²) in [6.07, 6.45) is 5.05. The summed E-state index contributed by atoms with van der Waals surface area (Å²) in [7, 11) is 0. The molecule has 1 aliphatic heterocycles. The molecule has 3 heteroatoms. The standard InChI is InChI=1S/C19H29N3/c1-3-21(4-2)16-17-9-11-18(12-10-17)19(15-20)22-13-7-5-6-8-14-22/h9-12,19H,3-8,13-14,16H2,1-2H3. The van der Waals surface area contributed by atoms with Gasteiger partial charge in [0.05, 0.1) is 6.07 Å². The van der Waals surface area contributed by atoms with Crippen LogP contribution >= 0.6 is 0 Å². The summed E-state index contributed by atoms with van der Waals surface area (Å²) in [5.74, 6) is 0. The van der Waals surface area contributed by atoms with Gasteiger partial charge in [0.25, 0.3) is 0 Å². The molecule has 1 aliphatic rings. The molecular weight excluding hydrogens is 270 g/mol. The number of nitrogens with zero attached hydrogens (tertiary/aromatic N) is 3. The fourth-order valence-corrected chi connectivity index (χ4v) is 3.23. The third kappa shape index (κ3) is 4.56. The van der Waals surface area contributed by atoms with Crippen LogP contribution in [0.5, 0.6) is 0 Å². The number of hydrogen-bond acceptors (Lipinski definition) is 3. The van der Waals surface area contributed by atoms with E-state index in [1.165, 1.54) is 31.2 Å². The number of likely N-dealkylation sites (tertiary alicyclic amines) is 1. The van der Waals surface area contributed by atoms with Crippen molar-refractivity contribution in [1.82, 2.24) is 9.80 Å². The molecule has 3 nitrogen and oxygen atoms in total. The largest absolute Gasteiger partial charge is 0.300 e. The molecule has 1 fully saturated rings. The van der Waals surface area contributed by atoms with E-state index in [-0.39, 0.29) is 6.04 Å². The van der Waals surface area contributed by atoms with Crippen molar-refractivity contribution >= 4 is 0 Å². The highest BCUT2D eigenvalue weighted by molar-refractivity contribution is 5.28. The number of hydrogen-bond donors (Lipinski definition) is 0. The molecular formula is C19H29N3. The van der Waals surface area contributed by atoms with E-state index in [2.05, 4.69) is 54.0 Å². The number of benzene rings is 1. The van der Waals surface area contributed by atoms with Crippen LogP contribution in [-0.2, 0) is 6.54 Å². The van der Waals surface area contributed by atoms with Crippen molar-refractivity contribution in [2.45, 2.75) is 52.1 Å². The van der Waals surface area contributed by atoms with Crippen molar-refractivity contribution in [2.75, 3.05) is 26.2 Å². The molecule has 0 aromatic heterocycles. The Morgan fingerprint density at radius 2 is 1.64 bits per heavy atom. The minimum atomic E-state index is -0.0828. The lowest BCUT2D eigenvalue weighted by Gasteiger charge is -2.26. The minimum Gasteiger partial charge on any atom is -0.300 e. The van der Waals surface area contributed by atoms with E-state index < -0.39 is 0 Å². The summed E-state index contributed by atoms with van der Waals surface area (Å²) >= 11 is 0. The van der Waals surface area contributed by atoms with Crippen LogP contribution in [-0.4, -0.2) is 36.0 Å². The quantitative estimate of drug-likeness (QED) is 0.796. The number of rotatable bonds is 6. The van der Waals surface area contributed by atoms with Gasteiger partial charge in [0.15, 0.2) is 0 Å². The van der Waals surface area contributed by atoms with Crippen LogP contribution in [0.3, 0.4) is 0 Å². The lowest BCUT2D eigenvalue weighted by atomic mass is 10.0. The van der Waals surface area contributed by atoms with Crippen LogP contribution in [0.1, 0.15) is 56.7 Å². The molecule has 0 aliphatic carbocycles. The summed E-state index contributed by atoms with van der Waals surface area (Å²) in [6.45, 7) is 9.65. The second-order valence-electron chi connectivity index (χ2n) is 6.18. The van der Waals surface area contributed by atoms with Crippen LogP contribution in [0.4, 0.5) is 0 Å². The Morgan fingerprint density at radius 3 is 2.14 bits per heavy atom. The molecule has 0 bridgehead atoms. The molecule has 22 heavy (non-hydrogen) atoms. The highest BCUT2D eigenvalue weighted by Gasteiger charge is 2.20. The average Bonchev–Trinajstić information content (AvgIpc) is 2.84. The Labute approximate surface area is 135 Å². The van der Waals surface area contributed by atoms with Crippen LogP contribution in [0, 0.1) is 11.3 Å². The van der Waals surface area contributed by atoms with Crippen LogP contribution in [0.25, 0.3) is 0 Å². The monoisotopic (exact) mass is 299 g/mol. The van der Waals surface area contributed by atoms with Crippen molar-refractivity contribution in [1.29, 1.82) is 5.26 Å². The molecule has 120 valence electrons. The predicted molar refractivity (Wildman–Crippen MR) is 91.5 cm³/mol. The highest BCUT2D eigenvalue weighted by atomic mass is 15.2. The summed E-state index contributed by atoms with van der Waals surface area (Å²) in [5.41, 5.74) is 2.48. The van der Waals surface area contributed by atoms with Crippen molar-refractivity contribution in [3.8, 4) is 6.07 Å². The molecule has 1 heterocycles. The van der Waals surface area contributed by atoms with Crippen molar-refractivity contribution < 1.29 is 0 Å². The summed E-state index contributed by atoms with van der Waals surface area (Å²) < 4.78 is 0. The van der Waals surface area contributed by atoms with Crippen molar-refractivity contribution in [3.05, 3.63) is 35.4 Å². The SMILES string of the molecule is CCN(CC)Cc1ccc(C(C#N)N2CCCCCC2)cc1. The third-order valence-electron chi connectivity index (χ3n) is 4.72. The maximum atomic E-state index is 9.61. The van der Waals surface area contributed by atoms with Gasteiger partial charge in [0.1, 0.15) is 6.04 Å². The van der Waals surface area contributed by atoms with Gasteiger partial charge in [0, 0.05) is 6.54 Å². The van der Waals surface area contributed by atoms with E-state index in [9.17, 15) is 5.26 Å². The first kappa shape index (κ1) is 17.0. The van der Waals surface area contributed by atoms with Gasteiger partial charge in [-0.15, -0.1) is 0 Å². The maximum absolute atomic E-state index is 9.61. The first-order chi connectivity index (χ1) is 10.8. The van der Waals surface area contributed by atoms with E-state index >= 15 is 0 Å². The summed E-state index contributed by atoms with van der Waals surface area (Å²) in [5, 5.41) is 9.61. The molecule has 1 saturated heterocycles. The van der Waals surface area contributed by atoms with E-state index in [1.54, 1.807) is 0 Å². The Hall–Kier alpha value is -1.37. The fourth-order valence-electron chi connectivity index (χ4n) is 3.23. The molecule has 0 amide bonds. The molecule has 1 atom stereocenters. The molecule has 2 rings (SSSR count). The van der Waals surface area contributed by atoms with E-state index in [4.69, 9.17) is 0 Å². The minimum absolute atomic E-state index is 0.0828. The first-order valence-electron chi connectivity index (χ1n) is 8.73. The highest BCUT2D eigenvalue weighted by Crippen LogP contribution is 2.24. The van der Waals surface area contributed by atoms with Crippen molar-refractivity contribution in [2.24, 2.45) is 0 Å². The zero-order valence-electron chi connectivity index (χ0n) is 14.1. The molecule has 1 aromatic rings. The lowest BCUT2D eigenvalue weighted by molar-refractivity contribution is 0.245. The predicted octanol–water partition coefficient (Wildman–Crippen LogP) is 3.97. The molecule has 1 aromatic carbocycles. The van der Waals surface area contributed by atoms with Crippen LogP contribution in [0.2, 0.25) is 0 Å². The summed E-state index contributed by atoms with van der Waals surface area (Å²) in [6, 6.07) is 11.1. The van der Waals surface area contributed by atoms with Gasteiger partial charge >= 0.3 is 0 Å². The smallest absolute Gasteiger partial charge is 0.123 e. The van der Waals surface area contributed by atoms with Gasteiger partial charge in [0.2, 0.25) is 0 Å². The Kier molecular flexibility index (Phi) is 6.89. The van der Waals surface area contributed by atoms with E-state index in [0.29, 0.717) is 0 Å². The molecule has 0 radical (unpaired) electrons. The second kappa shape index (κ2) is 8.92. The molecule has 0 spiro atoms. The van der Waals surface area contributed by atoms with Crippen LogP contribution in [0.15, 0.2) is 24.3 Å². The molecule has 1 unspecified atom stereocenters. The van der Waals surface area contributed by atoms with Gasteiger partial charge in [-0.3, -0.25) is 9.80 Å². The van der Waals surface area contributed by atoms with Gasteiger partial charge in [-0.05, 0) is 50.1 Å². The summed E-state index contributed by atoms with van der Waals surface area (Å²) in [4.78, 5) is 4.76. The lowest BCUT2D eigenvalue weighted by Crippen LogP contribution is -2.29. The third-order valence-corrected chi connectivity index (χ3v) is 4.72. The van der Waals surface area contributed by atoms with Gasteiger partial charge in [-0.2, -0.15) is 5.26 Å². The Morgan fingerprint density at radius 1 is 1.05 bits per heavy atom. The van der Waals surface area contributed by atoms with E-state index in [1.807, 2.05) is 0 Å². The second-order valence-corrected chi connectivity index (χ2v) is 6.18. The molecule has 0 saturated carbocycles. The first-order valence-corrected chi connectivity index (χ1v) is 8.73. The normalized spacial score (nSPS) is 17.9. The zero-order valence-corrected chi connectivity index (χ0v) is 14.1. The Balaban J connectivity index is 2.05. The van der Waals surface area contributed by atoms with E-state index in [0.717, 1.165) is 38.3 Å². The molecule has 0 N–H and O–H groups in total. The van der Waals surface area contributed by atoms with Crippen LogP contribution < -0.4 is 0 Å². The Bertz CT molecular complexity index is 462. The maximum Gasteiger partial charge on any atom is 0.123 e. The number of nitriles is 1. The fraction of sp³-hybridized carbons (Fsp3) is 0.632. The van der Waals surface area contributed by atoms with Gasteiger partial charge in [-0.1, -0.05) is 51.0 Å².